The molecule has 0 saturated carbocycles. The van der Waals surface area contributed by atoms with Gasteiger partial charge in [-0.05, 0) is 52.9 Å². The lowest BCUT2D eigenvalue weighted by atomic mass is 10.00. The molecule has 0 unspecified atom stereocenters. The SMILES string of the molecule is Cc1ccc(CC#Cc2ccc3ccc(Cc4ccccc4)cc3c2)cc1. The van der Waals surface area contributed by atoms with E-state index < -0.39 is 0 Å². The first-order valence-corrected chi connectivity index (χ1v) is 9.37. The second kappa shape index (κ2) is 7.94. The molecule has 0 aromatic heterocycles. The van der Waals surface area contributed by atoms with Gasteiger partial charge in [0.05, 0.1) is 0 Å². The summed E-state index contributed by atoms with van der Waals surface area (Å²) < 4.78 is 0. The Hall–Kier alpha value is -3.30. The molecule has 0 aliphatic carbocycles. The zero-order valence-corrected chi connectivity index (χ0v) is 15.6. The predicted octanol–water partition coefficient (Wildman–Crippen LogP) is 6.33. The van der Waals surface area contributed by atoms with Crippen molar-refractivity contribution in [3.05, 3.63) is 119 Å². The molecule has 27 heavy (non-hydrogen) atoms. The molecule has 0 heteroatoms. The Balaban J connectivity index is 1.54. The smallest absolute Gasteiger partial charge is 0.0344 e. The minimum absolute atomic E-state index is 0.784. The fraction of sp³-hybridized carbons (Fsp3) is 0.111. The van der Waals surface area contributed by atoms with Crippen LogP contribution in [0.15, 0.2) is 91.0 Å². The summed E-state index contributed by atoms with van der Waals surface area (Å²) in [6.07, 6.45) is 1.74. The van der Waals surface area contributed by atoms with E-state index in [1.54, 1.807) is 0 Å². The van der Waals surface area contributed by atoms with Gasteiger partial charge in [-0.3, -0.25) is 0 Å². The van der Waals surface area contributed by atoms with Crippen molar-refractivity contribution in [2.45, 2.75) is 19.8 Å². The maximum absolute atomic E-state index is 3.32. The average Bonchev–Trinajstić information content (AvgIpc) is 2.70. The number of hydrogen-bond acceptors (Lipinski definition) is 0. The van der Waals surface area contributed by atoms with Gasteiger partial charge in [0.25, 0.3) is 0 Å². The molecule has 0 heterocycles. The Morgan fingerprint density at radius 3 is 2.19 bits per heavy atom. The van der Waals surface area contributed by atoms with Crippen LogP contribution in [0.5, 0.6) is 0 Å². The molecule has 130 valence electrons. The zero-order chi connectivity index (χ0) is 18.5. The van der Waals surface area contributed by atoms with E-state index >= 15 is 0 Å². The van der Waals surface area contributed by atoms with Crippen LogP contribution in [0.2, 0.25) is 0 Å². The van der Waals surface area contributed by atoms with Gasteiger partial charge in [0.1, 0.15) is 0 Å². The molecule has 4 rings (SSSR count). The van der Waals surface area contributed by atoms with Crippen molar-refractivity contribution < 1.29 is 0 Å². The fourth-order valence-electron chi connectivity index (χ4n) is 3.27. The second-order valence-corrected chi connectivity index (χ2v) is 7.02. The van der Waals surface area contributed by atoms with Crippen LogP contribution in [-0.4, -0.2) is 0 Å². The normalized spacial score (nSPS) is 10.4. The minimum Gasteiger partial charge on any atom is -0.0931 e. The molecule has 0 nitrogen and oxygen atoms in total. The first kappa shape index (κ1) is 17.1. The van der Waals surface area contributed by atoms with E-state index in [-0.39, 0.29) is 0 Å². The van der Waals surface area contributed by atoms with Crippen molar-refractivity contribution in [3.63, 3.8) is 0 Å². The van der Waals surface area contributed by atoms with Gasteiger partial charge in [0.2, 0.25) is 0 Å². The van der Waals surface area contributed by atoms with E-state index in [2.05, 4.69) is 110 Å². The summed E-state index contributed by atoms with van der Waals surface area (Å²) in [7, 11) is 0. The fourth-order valence-corrected chi connectivity index (χ4v) is 3.27. The standard InChI is InChI=1S/C27H22/c1-21-10-12-22(13-11-21)8-5-9-24-14-16-26-17-15-25(20-27(26)19-24)18-23-6-3-2-4-7-23/h2-4,6-7,10-17,19-20H,8,18H2,1H3. The summed E-state index contributed by atoms with van der Waals surface area (Å²) in [6, 6.07) is 32.4. The first-order chi connectivity index (χ1) is 13.3. The first-order valence-electron chi connectivity index (χ1n) is 9.37. The third-order valence-corrected chi connectivity index (χ3v) is 4.80. The molecular weight excluding hydrogens is 324 g/mol. The van der Waals surface area contributed by atoms with E-state index in [0.29, 0.717) is 0 Å². The third kappa shape index (κ3) is 4.46. The molecule has 0 spiro atoms. The van der Waals surface area contributed by atoms with Crippen molar-refractivity contribution >= 4 is 10.8 Å². The monoisotopic (exact) mass is 346 g/mol. The predicted molar refractivity (Wildman–Crippen MR) is 115 cm³/mol. The molecule has 0 N–H and O–H groups in total. The maximum Gasteiger partial charge on any atom is 0.0344 e. The molecule has 4 aromatic carbocycles. The molecule has 0 bridgehead atoms. The number of rotatable bonds is 3. The Kier molecular flexibility index (Phi) is 5.04. The molecule has 4 aromatic rings. The molecule has 0 saturated heterocycles. The molecule has 0 aliphatic rings. The summed E-state index contributed by atoms with van der Waals surface area (Å²) in [4.78, 5) is 0. The molecule has 0 aliphatic heterocycles. The molecule has 0 fully saturated rings. The highest BCUT2D eigenvalue weighted by Gasteiger charge is 2.00. The molecule has 0 atom stereocenters. The highest BCUT2D eigenvalue weighted by Crippen LogP contribution is 2.20. The van der Waals surface area contributed by atoms with Crippen molar-refractivity contribution in [1.29, 1.82) is 0 Å². The number of hydrogen-bond donors (Lipinski definition) is 0. The summed E-state index contributed by atoms with van der Waals surface area (Å²) in [5, 5.41) is 2.52. The largest absolute Gasteiger partial charge is 0.0931 e. The van der Waals surface area contributed by atoms with E-state index in [0.717, 1.165) is 18.4 Å². The Morgan fingerprint density at radius 1 is 0.630 bits per heavy atom. The Morgan fingerprint density at radius 2 is 1.37 bits per heavy atom. The van der Waals surface area contributed by atoms with Gasteiger partial charge in [-0.2, -0.15) is 0 Å². The molecular formula is C27H22. The third-order valence-electron chi connectivity index (χ3n) is 4.80. The van der Waals surface area contributed by atoms with Crippen LogP contribution < -0.4 is 0 Å². The van der Waals surface area contributed by atoms with E-state index in [1.807, 2.05) is 0 Å². The van der Waals surface area contributed by atoms with Crippen LogP contribution in [0.4, 0.5) is 0 Å². The van der Waals surface area contributed by atoms with Gasteiger partial charge in [-0.1, -0.05) is 96.3 Å². The van der Waals surface area contributed by atoms with Gasteiger partial charge in [0, 0.05) is 12.0 Å². The van der Waals surface area contributed by atoms with Crippen molar-refractivity contribution in [3.8, 4) is 11.8 Å². The van der Waals surface area contributed by atoms with Crippen LogP contribution in [-0.2, 0) is 12.8 Å². The lowest BCUT2D eigenvalue weighted by Gasteiger charge is -2.05. The van der Waals surface area contributed by atoms with E-state index in [9.17, 15) is 0 Å². The summed E-state index contributed by atoms with van der Waals surface area (Å²) in [5.41, 5.74) is 6.29. The maximum atomic E-state index is 3.32. The molecule has 0 radical (unpaired) electrons. The van der Waals surface area contributed by atoms with Gasteiger partial charge < -0.3 is 0 Å². The number of benzene rings is 4. The zero-order valence-electron chi connectivity index (χ0n) is 15.6. The van der Waals surface area contributed by atoms with Crippen molar-refractivity contribution in [2.24, 2.45) is 0 Å². The summed E-state index contributed by atoms with van der Waals surface area (Å²) in [6.45, 7) is 2.11. The van der Waals surface area contributed by atoms with Crippen molar-refractivity contribution in [1.82, 2.24) is 0 Å². The van der Waals surface area contributed by atoms with E-state index in [4.69, 9.17) is 0 Å². The highest BCUT2D eigenvalue weighted by atomic mass is 14.0. The van der Waals surface area contributed by atoms with Crippen LogP contribution in [0.25, 0.3) is 10.8 Å². The number of aryl methyl sites for hydroxylation is 1. The quantitative estimate of drug-likeness (QED) is 0.380. The summed E-state index contributed by atoms with van der Waals surface area (Å²) >= 11 is 0. The van der Waals surface area contributed by atoms with Gasteiger partial charge >= 0.3 is 0 Å². The average molecular weight is 346 g/mol. The minimum atomic E-state index is 0.784. The second-order valence-electron chi connectivity index (χ2n) is 7.02. The van der Waals surface area contributed by atoms with Crippen molar-refractivity contribution in [2.75, 3.05) is 0 Å². The lowest BCUT2D eigenvalue weighted by molar-refractivity contribution is 1.20. The van der Waals surface area contributed by atoms with Gasteiger partial charge in [0.15, 0.2) is 0 Å². The van der Waals surface area contributed by atoms with Crippen LogP contribution in [0, 0.1) is 18.8 Å². The lowest BCUT2D eigenvalue weighted by Crippen LogP contribution is -1.88. The number of fused-ring (bicyclic) bond motifs is 1. The van der Waals surface area contributed by atoms with Gasteiger partial charge in [-0.15, -0.1) is 0 Å². The summed E-state index contributed by atoms with van der Waals surface area (Å²) in [5.74, 6) is 6.63. The van der Waals surface area contributed by atoms with Crippen LogP contribution >= 0.6 is 0 Å². The van der Waals surface area contributed by atoms with Crippen LogP contribution in [0.3, 0.4) is 0 Å². The van der Waals surface area contributed by atoms with E-state index in [1.165, 1.54) is 33.0 Å². The highest BCUT2D eigenvalue weighted by molar-refractivity contribution is 5.84. The van der Waals surface area contributed by atoms with Crippen LogP contribution in [0.1, 0.15) is 27.8 Å². The Bertz CT molecular complexity index is 1110. The Labute approximate surface area is 161 Å². The molecule has 0 amide bonds. The van der Waals surface area contributed by atoms with Gasteiger partial charge in [-0.25, -0.2) is 0 Å². The topological polar surface area (TPSA) is 0 Å².